The Hall–Kier alpha value is -0.990. The van der Waals surface area contributed by atoms with Gasteiger partial charge in [-0.2, -0.15) is 4.31 Å². The minimum absolute atomic E-state index is 0.230. The van der Waals surface area contributed by atoms with E-state index in [1.807, 2.05) is 19.1 Å². The van der Waals surface area contributed by atoms with Gasteiger partial charge in [0.25, 0.3) is 0 Å². The van der Waals surface area contributed by atoms with Crippen molar-refractivity contribution < 1.29 is 18.3 Å². The van der Waals surface area contributed by atoms with Crippen molar-refractivity contribution in [3.63, 3.8) is 0 Å². The highest BCUT2D eigenvalue weighted by Crippen LogP contribution is 2.21. The van der Waals surface area contributed by atoms with Gasteiger partial charge in [-0.05, 0) is 24.2 Å². The molecule has 2 N–H and O–H groups in total. The lowest BCUT2D eigenvalue weighted by Gasteiger charge is -2.33. The molecule has 1 aromatic rings. The van der Waals surface area contributed by atoms with Crippen LogP contribution in [0.3, 0.4) is 0 Å². The number of hydrogen-bond acceptors (Lipinski definition) is 5. The fraction of sp³-hybridized carbons (Fsp3) is 0.571. The van der Waals surface area contributed by atoms with Crippen LogP contribution in [0.5, 0.6) is 0 Å². The molecule has 0 spiro atoms. The van der Waals surface area contributed by atoms with Gasteiger partial charge < -0.3 is 15.2 Å². The van der Waals surface area contributed by atoms with Crippen LogP contribution in [0.15, 0.2) is 29.2 Å². The maximum absolute atomic E-state index is 12.6. The van der Waals surface area contributed by atoms with Crippen LogP contribution in [0.2, 0.25) is 0 Å². The monoisotopic (exact) mass is 314 g/mol. The highest BCUT2D eigenvalue weighted by molar-refractivity contribution is 7.89. The summed E-state index contributed by atoms with van der Waals surface area (Å²) in [5.41, 5.74) is 1.04. The van der Waals surface area contributed by atoms with Crippen LogP contribution in [0.25, 0.3) is 0 Å². The number of benzene rings is 1. The molecular weight excluding hydrogens is 292 g/mol. The van der Waals surface area contributed by atoms with E-state index in [9.17, 15) is 13.5 Å². The average Bonchev–Trinajstić information content (AvgIpc) is 2.53. The highest BCUT2D eigenvalue weighted by Gasteiger charge is 2.33. The number of nitrogens with one attached hydrogen (secondary N) is 1. The van der Waals surface area contributed by atoms with Crippen molar-refractivity contribution in [1.82, 2.24) is 9.62 Å². The zero-order valence-electron chi connectivity index (χ0n) is 12.2. The summed E-state index contributed by atoms with van der Waals surface area (Å²) in [6, 6.07) is 6.34. The molecule has 0 aromatic heterocycles. The summed E-state index contributed by atoms with van der Waals surface area (Å²) in [5.74, 6) is 0. The van der Waals surface area contributed by atoms with Gasteiger partial charge in [-0.25, -0.2) is 8.42 Å². The van der Waals surface area contributed by atoms with Gasteiger partial charge in [-0.1, -0.05) is 19.1 Å². The molecule has 1 fully saturated rings. The molecule has 1 aromatic carbocycles. The van der Waals surface area contributed by atoms with Gasteiger partial charge in [-0.15, -0.1) is 0 Å². The van der Waals surface area contributed by atoms with Gasteiger partial charge in [0.15, 0.2) is 0 Å². The first-order valence-electron chi connectivity index (χ1n) is 7.09. The fourth-order valence-electron chi connectivity index (χ4n) is 2.28. The molecule has 1 unspecified atom stereocenters. The number of nitrogens with zero attached hydrogens (tertiary/aromatic N) is 1. The standard InChI is InChI=1S/C14H22N2O4S/c1-2-15-9-12-3-5-14(6-4-12)21(18,19)16-7-8-20-11-13(16)10-17/h3-6,13,15,17H,2,7-11H2,1H3. The van der Waals surface area contributed by atoms with Gasteiger partial charge in [0.2, 0.25) is 10.0 Å². The zero-order valence-corrected chi connectivity index (χ0v) is 13.0. The first kappa shape index (κ1) is 16.4. The van der Waals surface area contributed by atoms with Gasteiger partial charge in [0.05, 0.1) is 30.8 Å². The van der Waals surface area contributed by atoms with Crippen LogP contribution < -0.4 is 5.32 Å². The molecule has 1 saturated heterocycles. The third-order valence-corrected chi connectivity index (χ3v) is 5.46. The predicted molar refractivity (Wildman–Crippen MR) is 79.4 cm³/mol. The van der Waals surface area contributed by atoms with Crippen molar-refractivity contribution in [3.8, 4) is 0 Å². The van der Waals surface area contributed by atoms with E-state index >= 15 is 0 Å². The topological polar surface area (TPSA) is 78.9 Å². The zero-order chi connectivity index (χ0) is 15.3. The van der Waals surface area contributed by atoms with Crippen LogP contribution >= 0.6 is 0 Å². The summed E-state index contributed by atoms with van der Waals surface area (Å²) < 4.78 is 31.8. The van der Waals surface area contributed by atoms with Crippen molar-refractivity contribution >= 4 is 10.0 Å². The Morgan fingerprint density at radius 1 is 1.38 bits per heavy atom. The van der Waals surface area contributed by atoms with Gasteiger partial charge in [0.1, 0.15) is 0 Å². The lowest BCUT2D eigenvalue weighted by molar-refractivity contribution is 0.0109. The average molecular weight is 314 g/mol. The molecule has 6 nitrogen and oxygen atoms in total. The van der Waals surface area contributed by atoms with E-state index in [0.29, 0.717) is 13.2 Å². The molecule has 0 saturated carbocycles. The van der Waals surface area contributed by atoms with Gasteiger partial charge >= 0.3 is 0 Å². The van der Waals surface area contributed by atoms with Crippen molar-refractivity contribution in [1.29, 1.82) is 0 Å². The van der Waals surface area contributed by atoms with Gasteiger partial charge in [0, 0.05) is 13.1 Å². The molecule has 0 radical (unpaired) electrons. The van der Waals surface area contributed by atoms with Crippen molar-refractivity contribution in [3.05, 3.63) is 29.8 Å². The Balaban J connectivity index is 2.18. The van der Waals surface area contributed by atoms with E-state index < -0.39 is 16.1 Å². The van der Waals surface area contributed by atoms with E-state index in [1.54, 1.807) is 12.1 Å². The molecule has 0 bridgehead atoms. The van der Waals surface area contributed by atoms with E-state index in [-0.39, 0.29) is 24.7 Å². The molecule has 7 heteroatoms. The van der Waals surface area contributed by atoms with E-state index in [2.05, 4.69) is 5.32 Å². The van der Waals surface area contributed by atoms with E-state index in [0.717, 1.165) is 12.1 Å². The Morgan fingerprint density at radius 2 is 2.10 bits per heavy atom. The highest BCUT2D eigenvalue weighted by atomic mass is 32.2. The second kappa shape index (κ2) is 7.33. The first-order valence-corrected chi connectivity index (χ1v) is 8.53. The van der Waals surface area contributed by atoms with Crippen LogP contribution in [0.1, 0.15) is 12.5 Å². The van der Waals surface area contributed by atoms with Crippen LogP contribution in [0, 0.1) is 0 Å². The molecular formula is C14H22N2O4S. The third-order valence-electron chi connectivity index (χ3n) is 3.49. The summed E-state index contributed by atoms with van der Waals surface area (Å²) in [7, 11) is -3.59. The summed E-state index contributed by atoms with van der Waals surface area (Å²) in [5, 5.41) is 12.5. The normalized spacial score (nSPS) is 20.6. The second-order valence-corrected chi connectivity index (χ2v) is 6.84. The summed E-state index contributed by atoms with van der Waals surface area (Å²) >= 11 is 0. The smallest absolute Gasteiger partial charge is 0.243 e. The van der Waals surface area contributed by atoms with E-state index in [4.69, 9.17) is 4.74 Å². The fourth-order valence-corrected chi connectivity index (χ4v) is 3.87. The predicted octanol–water partition coefficient (Wildman–Crippen LogP) is 0.178. The summed E-state index contributed by atoms with van der Waals surface area (Å²) in [6.45, 7) is 4.22. The Kier molecular flexibility index (Phi) is 5.72. The summed E-state index contributed by atoms with van der Waals surface area (Å²) in [4.78, 5) is 0.253. The molecule has 1 aliphatic rings. The third kappa shape index (κ3) is 3.81. The molecule has 1 aliphatic heterocycles. The Bertz CT molecular complexity index is 545. The maximum atomic E-state index is 12.6. The molecule has 2 rings (SSSR count). The lowest BCUT2D eigenvalue weighted by atomic mass is 10.2. The Morgan fingerprint density at radius 3 is 2.71 bits per heavy atom. The van der Waals surface area contributed by atoms with Crippen LogP contribution in [-0.4, -0.2) is 56.8 Å². The van der Waals surface area contributed by atoms with Crippen LogP contribution in [-0.2, 0) is 21.3 Å². The van der Waals surface area contributed by atoms with Crippen molar-refractivity contribution in [2.24, 2.45) is 0 Å². The number of aliphatic hydroxyl groups is 1. The maximum Gasteiger partial charge on any atom is 0.243 e. The molecule has 1 heterocycles. The minimum Gasteiger partial charge on any atom is -0.395 e. The number of aliphatic hydroxyl groups excluding tert-OH is 1. The number of sulfonamides is 1. The number of ether oxygens (including phenoxy) is 1. The SMILES string of the molecule is CCNCc1ccc(S(=O)(=O)N2CCOCC2CO)cc1. The largest absolute Gasteiger partial charge is 0.395 e. The molecule has 1 atom stereocenters. The molecule has 0 amide bonds. The van der Waals surface area contributed by atoms with Gasteiger partial charge in [-0.3, -0.25) is 0 Å². The lowest BCUT2D eigenvalue weighted by Crippen LogP contribution is -2.50. The number of morpholine rings is 1. The molecule has 118 valence electrons. The summed E-state index contributed by atoms with van der Waals surface area (Å²) in [6.07, 6.45) is 0. The number of rotatable bonds is 6. The quantitative estimate of drug-likeness (QED) is 0.783. The molecule has 0 aliphatic carbocycles. The van der Waals surface area contributed by atoms with E-state index in [1.165, 1.54) is 4.31 Å². The van der Waals surface area contributed by atoms with Crippen molar-refractivity contribution in [2.45, 2.75) is 24.4 Å². The molecule has 21 heavy (non-hydrogen) atoms. The first-order chi connectivity index (χ1) is 10.1. The number of hydrogen-bond donors (Lipinski definition) is 2. The minimum atomic E-state index is -3.59. The van der Waals surface area contributed by atoms with Crippen LogP contribution in [0.4, 0.5) is 0 Å². The van der Waals surface area contributed by atoms with Crippen molar-refractivity contribution in [2.75, 3.05) is 32.9 Å². The second-order valence-electron chi connectivity index (χ2n) is 4.95. The Labute approximate surface area is 125 Å².